The lowest BCUT2D eigenvalue weighted by Crippen LogP contribution is -2.13. The number of nitrogens with one attached hydrogen (secondary N) is 2. The maximum atomic E-state index is 12.3. The van der Waals surface area contributed by atoms with E-state index in [4.69, 9.17) is 23.1 Å². The average molecular weight is 2110 g/mol. The van der Waals surface area contributed by atoms with Crippen molar-refractivity contribution in [1.29, 1.82) is 0 Å². The summed E-state index contributed by atoms with van der Waals surface area (Å²) < 4.78 is 123. The van der Waals surface area contributed by atoms with Crippen LogP contribution in [0.3, 0.4) is 0 Å². The third-order valence-electron chi connectivity index (χ3n) is 23.0. The van der Waals surface area contributed by atoms with Gasteiger partial charge in [0.15, 0.2) is 72.2 Å². The Kier molecular flexibility index (Phi) is 35.1. The monoisotopic (exact) mass is 2100 g/mol. The number of benzene rings is 10. The van der Waals surface area contributed by atoms with E-state index in [-0.39, 0.29) is 67.9 Å². The molecule has 29 nitrogen and oxygen atoms in total. The van der Waals surface area contributed by atoms with Crippen molar-refractivity contribution in [3.63, 3.8) is 0 Å². The first kappa shape index (κ1) is 109. The zero-order valence-corrected chi connectivity index (χ0v) is 87.8. The third kappa shape index (κ3) is 26.9. The number of hydrogen-bond acceptors (Lipinski definition) is 27. The van der Waals surface area contributed by atoms with Crippen molar-refractivity contribution in [3.8, 4) is 121 Å². The van der Waals surface area contributed by atoms with Crippen LogP contribution in [0.4, 0.5) is 11.6 Å². The fourth-order valence-electron chi connectivity index (χ4n) is 13.9. The van der Waals surface area contributed by atoms with Gasteiger partial charge in [-0.05, 0) is 271 Å². The van der Waals surface area contributed by atoms with Gasteiger partial charge in [0.05, 0.1) is 164 Å². The molecule has 35 heteroatoms. The number of sulfone groups is 5. The van der Waals surface area contributed by atoms with Crippen LogP contribution in [0.25, 0.3) is 78.1 Å². The van der Waals surface area contributed by atoms with Crippen LogP contribution in [0, 0.1) is 86.9 Å². The normalized spacial score (nSPS) is 11.3. The number of anilines is 2. The van der Waals surface area contributed by atoms with Crippen molar-refractivity contribution >= 4 is 94.2 Å². The Balaban J connectivity index is 0.000000402. The van der Waals surface area contributed by atoms with Gasteiger partial charge >= 0.3 is 0 Å². The van der Waals surface area contributed by atoms with E-state index >= 15 is 0 Å². The molecule has 0 unspecified atom stereocenters. The largest absolute Gasteiger partial charge is 0.508 e. The molecule has 768 valence electrons. The predicted molar refractivity (Wildman–Crippen MR) is 596 cm³/mol. The van der Waals surface area contributed by atoms with Gasteiger partial charge in [-0.15, -0.1) is 0 Å². The predicted octanol–water partition coefficient (Wildman–Crippen LogP) is 20.3. The second-order valence-electron chi connectivity index (χ2n) is 35.0. The minimum atomic E-state index is -3.33. The second kappa shape index (κ2) is 47.7. The average Bonchev–Trinajstić information content (AvgIpc) is 1.30. The standard InChI is InChI=1S/C23H21ClN2O3S.2C23H22N2O3S.2C22H19N5O2S.9H2/c1-15(2)30(28,29)21-7-5-19(6-8-21)23-13-25-16(3)22(26-23)9-4-17-10-18(14-27)12-20(24)11-17;1-15(2)29(27,28)21-10-6-18(7-11-21)23-14-24-17(4)22(25-23)12-8-19-13-20(26)9-5-16(19)3;1-16(2)29(27,28)21-11-8-19(9-12-21)23-14-24-17(3)22(25-23)13-10-18-6-4-5-7-20(18)15-26;1-14(2)30(28,29)18-7-5-16(6-8-18)21-13-24-22(23)20(26-21)10-4-15-3-9-19-17(11-15)12-25-27-19;1-14(2)30(28,29)17-9-6-16(7-10-17)21-13-24-22(23)20(26-21)11-8-15-4-3-5-19-18(15)12-25-27-19;;;;;;;;;/h5-8,10-13,15,27H,14H2,1-3H3;5-7,9-11,13-15,26H,1-4H3;4-9,11-12,14,16,26H,15H2,1-3H3;3,5-9,11-14H,1-2H3,(H2,23,24)(H,25,27);3-7,9-10,12-14H,1-2H3,(H2,23,24)(H,25,27);9*1H. The Labute approximate surface area is 879 Å². The number of phenols is 1. The molecular weight excluding hydrogens is 1990 g/mol. The van der Waals surface area contributed by atoms with E-state index in [1.54, 1.807) is 270 Å². The molecule has 7 heterocycles. The molecule has 0 amide bonds. The van der Waals surface area contributed by atoms with Gasteiger partial charge in [-0.3, -0.25) is 25.1 Å². The number of nitrogens with two attached hydrogens (primary N) is 2. The lowest BCUT2D eigenvalue weighted by molar-refractivity contribution is 0.281. The first-order valence-electron chi connectivity index (χ1n) is 46.2. The highest BCUT2D eigenvalue weighted by atomic mass is 35.5. The summed E-state index contributed by atoms with van der Waals surface area (Å²) in [6.07, 6.45) is 11.5. The lowest BCUT2D eigenvalue weighted by atomic mass is 10.1. The molecule has 0 radical (unpaired) electrons. The molecule has 10 aromatic carbocycles. The van der Waals surface area contributed by atoms with Gasteiger partial charge in [0.25, 0.3) is 0 Å². The number of aromatic nitrogens is 14. The molecule has 0 spiro atoms. The molecular formula is C113H121ClN16O13S5. The fourth-order valence-corrected chi connectivity index (χ4v) is 19.5. The number of H-pyrrole nitrogens is 2. The Morgan fingerprint density at radius 1 is 0.331 bits per heavy atom. The molecule has 0 aliphatic heterocycles. The summed E-state index contributed by atoms with van der Waals surface area (Å²) >= 11 is 6.06. The molecule has 7 aromatic heterocycles. The summed E-state index contributed by atoms with van der Waals surface area (Å²) in [4.78, 5) is 45.7. The van der Waals surface area contributed by atoms with E-state index in [1.807, 2.05) is 88.4 Å². The number of nitrogens with zero attached hydrogens (tertiary/aromatic N) is 12. The zero-order valence-electron chi connectivity index (χ0n) is 83.0. The lowest BCUT2D eigenvalue weighted by Gasteiger charge is -2.09. The van der Waals surface area contributed by atoms with Crippen LogP contribution in [0.5, 0.6) is 5.75 Å². The van der Waals surface area contributed by atoms with Crippen LogP contribution in [0.15, 0.2) is 286 Å². The van der Waals surface area contributed by atoms with E-state index in [0.717, 1.165) is 83.0 Å². The zero-order chi connectivity index (χ0) is 107. The summed E-state index contributed by atoms with van der Waals surface area (Å²) in [5.41, 5.74) is 30.9. The van der Waals surface area contributed by atoms with Crippen molar-refractivity contribution < 1.29 is 70.2 Å². The summed E-state index contributed by atoms with van der Waals surface area (Å²) in [6, 6.07) is 62.0. The van der Waals surface area contributed by atoms with Crippen molar-refractivity contribution in [1.82, 2.24) is 70.2 Å². The second-order valence-corrected chi connectivity index (χ2v) is 48.0. The number of aromatic hydroxyl groups is 1. The summed E-state index contributed by atoms with van der Waals surface area (Å²) in [6.45, 7) is 23.8. The summed E-state index contributed by atoms with van der Waals surface area (Å²) in [5, 5.41) is 42.2. The van der Waals surface area contributed by atoms with Crippen molar-refractivity contribution in [3.05, 3.63) is 357 Å². The van der Waals surface area contributed by atoms with Gasteiger partial charge in [-0.1, -0.05) is 132 Å². The van der Waals surface area contributed by atoms with Crippen molar-refractivity contribution in [2.24, 2.45) is 0 Å². The molecule has 17 aromatic rings. The highest BCUT2D eigenvalue weighted by molar-refractivity contribution is 7.93. The summed E-state index contributed by atoms with van der Waals surface area (Å²) in [7, 11) is -16.6. The van der Waals surface area contributed by atoms with Crippen LogP contribution in [0.2, 0.25) is 5.02 Å². The molecule has 17 rings (SSSR count). The van der Waals surface area contributed by atoms with Gasteiger partial charge in [0.2, 0.25) is 0 Å². The number of halogens is 1. The van der Waals surface area contributed by atoms with E-state index in [0.29, 0.717) is 90.2 Å². The Morgan fingerprint density at radius 2 is 0.682 bits per heavy atom. The van der Waals surface area contributed by atoms with Crippen molar-refractivity contribution in [2.45, 2.75) is 161 Å². The molecule has 0 saturated heterocycles. The maximum absolute atomic E-state index is 12.3. The van der Waals surface area contributed by atoms with Gasteiger partial charge in [0.1, 0.15) is 22.8 Å². The van der Waals surface area contributed by atoms with E-state index in [2.05, 4.69) is 129 Å². The first-order valence-corrected chi connectivity index (χ1v) is 54.3. The molecule has 9 N–H and O–H groups in total. The number of aryl methyl sites for hydroxylation is 4. The molecule has 0 fully saturated rings. The van der Waals surface area contributed by atoms with E-state index in [1.165, 1.54) is 0 Å². The van der Waals surface area contributed by atoms with Gasteiger partial charge in [-0.25, -0.2) is 77.0 Å². The minimum absolute atomic E-state index is 0. The van der Waals surface area contributed by atoms with Gasteiger partial charge in [-0.2, -0.15) is 10.2 Å². The Hall–Kier alpha value is -16.3. The molecule has 148 heavy (non-hydrogen) atoms. The highest BCUT2D eigenvalue weighted by Crippen LogP contribution is 2.31. The number of hydrogen-bond donors (Lipinski definition) is 7. The quantitative estimate of drug-likeness (QED) is 0.0416. The number of phenolic OH excluding ortho intramolecular Hbond substituents is 1. The van der Waals surface area contributed by atoms with Crippen LogP contribution in [-0.2, 0) is 62.4 Å². The number of rotatable bonds is 17. The van der Waals surface area contributed by atoms with Crippen molar-refractivity contribution in [2.75, 3.05) is 11.5 Å². The van der Waals surface area contributed by atoms with Crippen LogP contribution in [0.1, 0.15) is 172 Å². The maximum Gasteiger partial charge on any atom is 0.180 e. The fraction of sp³-hybridized carbons (Fsp3) is 0.186. The highest BCUT2D eigenvalue weighted by Gasteiger charge is 2.26. The smallest absolute Gasteiger partial charge is 0.180 e. The molecule has 0 saturated carbocycles. The minimum Gasteiger partial charge on any atom is -0.508 e. The Bertz CT molecular complexity index is 8870. The first-order chi connectivity index (χ1) is 70.4. The van der Waals surface area contributed by atoms with Gasteiger partial charge in [0, 0.05) is 84.3 Å². The molecule has 0 aliphatic rings. The third-order valence-corrected chi connectivity index (χ3v) is 34.1. The molecule has 0 aliphatic carbocycles. The number of aliphatic hydroxyl groups is 2. The molecule has 0 atom stereocenters. The van der Waals surface area contributed by atoms with Crippen LogP contribution < -0.4 is 11.5 Å². The number of aliphatic hydroxyl groups excluding tert-OH is 2. The SMILES string of the molecule is CC(C)S(=O)(=O)c1ccc(-c2cnc(N)c(C#Cc3ccc4[nH]ncc4c3)n2)cc1.CC(C)S(=O)(=O)c1ccc(-c2cnc(N)c(C#Cc3cccc4[nH]ncc34)n2)cc1.Cc1ccc(O)cc1C#Cc1nc(-c2ccc(S(=O)(=O)C(C)C)cc2)cnc1C.Cc1ncc(-c2ccc(S(=O)(=O)C(C)C)cc2)nc1C#Cc1cc(Cl)cc(CO)c1.Cc1ncc(-c2ccc(S(=O)(=O)C(C)C)cc2)nc1C#Cc1ccccc1CO.[HH].[HH].[HH].[HH].[HH].[HH].[HH].[HH].[HH]. The Morgan fingerprint density at radius 3 is 1.09 bits per heavy atom. The van der Waals surface area contributed by atoms with Crippen LogP contribution in [-0.4, -0.2) is 154 Å². The number of nitrogen functional groups attached to an aromatic ring is 2. The number of fused-ring (bicyclic) bond motifs is 2. The van der Waals surface area contributed by atoms with E-state index < -0.39 is 75.4 Å². The molecule has 0 bridgehead atoms. The van der Waals surface area contributed by atoms with Crippen LogP contribution >= 0.6 is 11.6 Å². The van der Waals surface area contributed by atoms with E-state index in [9.17, 15) is 57.4 Å². The van der Waals surface area contributed by atoms with Gasteiger partial charge < -0.3 is 26.8 Å². The number of aromatic amines is 2. The summed E-state index contributed by atoms with van der Waals surface area (Å²) in [5.74, 6) is 30.9. The topological polar surface area (TPSA) is 470 Å².